The fraction of sp³-hybridized carbons (Fsp3) is 1.00. The van der Waals surface area contributed by atoms with E-state index in [1.54, 1.807) is 0 Å². The van der Waals surface area contributed by atoms with Crippen LogP contribution in [0.4, 0.5) is 0 Å². The maximum atomic E-state index is 10.1. The van der Waals surface area contributed by atoms with Crippen LogP contribution in [-0.2, 0) is 0 Å². The van der Waals surface area contributed by atoms with Crippen LogP contribution in [0.2, 0.25) is 0 Å². The van der Waals surface area contributed by atoms with Gasteiger partial charge in [0.15, 0.2) is 0 Å². The molecule has 0 aromatic rings. The summed E-state index contributed by atoms with van der Waals surface area (Å²) >= 11 is 0. The third kappa shape index (κ3) is 4.12. The summed E-state index contributed by atoms with van der Waals surface area (Å²) in [4.78, 5) is 2.47. The van der Waals surface area contributed by atoms with Crippen molar-refractivity contribution in [3.8, 4) is 0 Å². The van der Waals surface area contributed by atoms with Gasteiger partial charge in [0, 0.05) is 12.6 Å². The lowest BCUT2D eigenvalue weighted by Crippen LogP contribution is -2.44. The molecule has 0 heterocycles. The summed E-state index contributed by atoms with van der Waals surface area (Å²) in [5.41, 5.74) is 0. The predicted octanol–water partition coefficient (Wildman–Crippen LogP) is 2.66. The lowest BCUT2D eigenvalue weighted by Gasteiger charge is -2.34. The van der Waals surface area contributed by atoms with Gasteiger partial charge < -0.3 is 5.11 Å². The number of hydrogen-bond acceptors (Lipinski definition) is 2. The first-order valence-electron chi connectivity index (χ1n) is 6.57. The van der Waals surface area contributed by atoms with E-state index in [9.17, 15) is 5.11 Å². The molecule has 1 rings (SSSR count). The Morgan fingerprint density at radius 3 is 2.47 bits per heavy atom. The average Bonchev–Trinajstić information content (AvgIpc) is 2.39. The van der Waals surface area contributed by atoms with Crippen LogP contribution < -0.4 is 0 Å². The molecular formula is C13H27NO. The highest BCUT2D eigenvalue weighted by molar-refractivity contribution is 4.81. The second kappa shape index (κ2) is 6.49. The van der Waals surface area contributed by atoms with E-state index < -0.39 is 0 Å². The van der Waals surface area contributed by atoms with Crippen molar-refractivity contribution in [3.63, 3.8) is 0 Å². The monoisotopic (exact) mass is 213 g/mol. The highest BCUT2D eigenvalue weighted by Gasteiger charge is 2.26. The number of nitrogens with zero attached hydrogens (tertiary/aromatic N) is 1. The van der Waals surface area contributed by atoms with Crippen LogP contribution in [0.25, 0.3) is 0 Å². The number of rotatable bonds is 4. The van der Waals surface area contributed by atoms with Gasteiger partial charge in [0.25, 0.3) is 0 Å². The molecule has 1 saturated carbocycles. The lowest BCUT2D eigenvalue weighted by molar-refractivity contribution is 0.0408. The van der Waals surface area contributed by atoms with Crippen molar-refractivity contribution in [2.24, 2.45) is 5.92 Å². The summed E-state index contributed by atoms with van der Waals surface area (Å²) in [6.45, 7) is 8.91. The Morgan fingerprint density at radius 1 is 1.20 bits per heavy atom. The fourth-order valence-corrected chi connectivity index (χ4v) is 2.66. The normalized spacial score (nSPS) is 28.4. The standard InChI is InChI=1S/C13H27NO/c1-4-14(10-11(2)3)12-8-6-5-7-9-13(12)15/h11-13,15H,4-10H2,1-3H3. The van der Waals surface area contributed by atoms with E-state index in [2.05, 4.69) is 25.7 Å². The van der Waals surface area contributed by atoms with Crippen LogP contribution in [0.3, 0.4) is 0 Å². The zero-order valence-electron chi connectivity index (χ0n) is 10.6. The molecule has 1 aliphatic carbocycles. The molecule has 0 bridgehead atoms. The van der Waals surface area contributed by atoms with Crippen LogP contribution >= 0.6 is 0 Å². The number of aliphatic hydroxyl groups is 1. The van der Waals surface area contributed by atoms with Crippen LogP contribution in [0.1, 0.15) is 52.9 Å². The number of aliphatic hydroxyl groups excluding tert-OH is 1. The van der Waals surface area contributed by atoms with Crippen molar-refractivity contribution in [2.45, 2.75) is 65.0 Å². The Hall–Kier alpha value is -0.0800. The molecule has 0 aromatic carbocycles. The summed E-state index contributed by atoms with van der Waals surface area (Å²) < 4.78 is 0. The SMILES string of the molecule is CCN(CC(C)C)C1CCCCCC1O. The highest BCUT2D eigenvalue weighted by atomic mass is 16.3. The van der Waals surface area contributed by atoms with Crippen molar-refractivity contribution >= 4 is 0 Å². The summed E-state index contributed by atoms with van der Waals surface area (Å²) in [7, 11) is 0. The topological polar surface area (TPSA) is 23.5 Å². The molecule has 1 N–H and O–H groups in total. The fourth-order valence-electron chi connectivity index (χ4n) is 2.66. The Labute approximate surface area is 94.7 Å². The van der Waals surface area contributed by atoms with Crippen molar-refractivity contribution < 1.29 is 5.11 Å². The van der Waals surface area contributed by atoms with E-state index in [1.165, 1.54) is 25.7 Å². The minimum atomic E-state index is -0.0915. The molecule has 0 aliphatic heterocycles. The average molecular weight is 213 g/mol. The molecule has 2 unspecified atom stereocenters. The molecule has 2 nitrogen and oxygen atoms in total. The van der Waals surface area contributed by atoms with Gasteiger partial charge in [-0.15, -0.1) is 0 Å². The van der Waals surface area contributed by atoms with E-state index in [4.69, 9.17) is 0 Å². The third-order valence-electron chi connectivity index (χ3n) is 3.42. The van der Waals surface area contributed by atoms with Gasteiger partial charge in [-0.05, 0) is 25.3 Å². The smallest absolute Gasteiger partial charge is 0.0695 e. The molecular weight excluding hydrogens is 186 g/mol. The van der Waals surface area contributed by atoms with Crippen LogP contribution in [-0.4, -0.2) is 35.2 Å². The van der Waals surface area contributed by atoms with Gasteiger partial charge in [-0.1, -0.05) is 40.0 Å². The molecule has 2 heteroatoms. The van der Waals surface area contributed by atoms with E-state index in [0.29, 0.717) is 12.0 Å². The molecule has 1 fully saturated rings. The van der Waals surface area contributed by atoms with Gasteiger partial charge in [0.05, 0.1) is 6.10 Å². The minimum absolute atomic E-state index is 0.0915. The van der Waals surface area contributed by atoms with Crippen LogP contribution in [0.15, 0.2) is 0 Å². The zero-order chi connectivity index (χ0) is 11.3. The van der Waals surface area contributed by atoms with Gasteiger partial charge in [-0.3, -0.25) is 4.90 Å². The van der Waals surface area contributed by atoms with Gasteiger partial charge in [0.1, 0.15) is 0 Å². The highest BCUT2D eigenvalue weighted by Crippen LogP contribution is 2.23. The lowest BCUT2D eigenvalue weighted by atomic mass is 10.0. The molecule has 15 heavy (non-hydrogen) atoms. The number of likely N-dealkylation sites (N-methyl/N-ethyl adjacent to an activating group) is 1. The van der Waals surface area contributed by atoms with Crippen molar-refractivity contribution in [2.75, 3.05) is 13.1 Å². The van der Waals surface area contributed by atoms with Crippen molar-refractivity contribution in [3.05, 3.63) is 0 Å². The van der Waals surface area contributed by atoms with Crippen molar-refractivity contribution in [1.82, 2.24) is 4.90 Å². The maximum absolute atomic E-state index is 10.1. The Bertz CT molecular complexity index is 170. The molecule has 1 aliphatic rings. The first-order valence-corrected chi connectivity index (χ1v) is 6.57. The van der Waals surface area contributed by atoms with E-state index in [1.807, 2.05) is 0 Å². The Kier molecular flexibility index (Phi) is 5.62. The van der Waals surface area contributed by atoms with Gasteiger partial charge in [-0.2, -0.15) is 0 Å². The summed E-state index contributed by atoms with van der Waals surface area (Å²) in [5, 5.41) is 10.1. The molecule has 0 radical (unpaired) electrons. The van der Waals surface area contributed by atoms with Crippen LogP contribution in [0.5, 0.6) is 0 Å². The van der Waals surface area contributed by atoms with Crippen molar-refractivity contribution in [1.29, 1.82) is 0 Å². The van der Waals surface area contributed by atoms with E-state index >= 15 is 0 Å². The Morgan fingerprint density at radius 2 is 1.87 bits per heavy atom. The molecule has 0 aromatic heterocycles. The second-order valence-corrected chi connectivity index (χ2v) is 5.25. The number of hydrogen-bond donors (Lipinski definition) is 1. The first-order chi connectivity index (χ1) is 7.15. The second-order valence-electron chi connectivity index (χ2n) is 5.25. The zero-order valence-corrected chi connectivity index (χ0v) is 10.6. The third-order valence-corrected chi connectivity index (χ3v) is 3.42. The largest absolute Gasteiger partial charge is 0.391 e. The van der Waals surface area contributed by atoms with Crippen LogP contribution in [0, 0.1) is 5.92 Å². The summed E-state index contributed by atoms with van der Waals surface area (Å²) in [6, 6.07) is 0.417. The van der Waals surface area contributed by atoms with Gasteiger partial charge >= 0.3 is 0 Å². The summed E-state index contributed by atoms with van der Waals surface area (Å²) in [5.74, 6) is 0.695. The maximum Gasteiger partial charge on any atom is 0.0695 e. The van der Waals surface area contributed by atoms with E-state index in [0.717, 1.165) is 19.5 Å². The molecule has 0 amide bonds. The Balaban J connectivity index is 2.54. The quantitative estimate of drug-likeness (QED) is 0.726. The van der Waals surface area contributed by atoms with Gasteiger partial charge in [0.2, 0.25) is 0 Å². The predicted molar refractivity (Wildman–Crippen MR) is 65.0 cm³/mol. The van der Waals surface area contributed by atoms with Gasteiger partial charge in [-0.25, -0.2) is 0 Å². The molecule has 90 valence electrons. The first kappa shape index (κ1) is 13.0. The molecule has 2 atom stereocenters. The minimum Gasteiger partial charge on any atom is -0.391 e. The molecule has 0 spiro atoms. The van der Waals surface area contributed by atoms with E-state index in [-0.39, 0.29) is 6.10 Å². The summed E-state index contributed by atoms with van der Waals surface area (Å²) in [6.07, 6.45) is 5.88. The molecule has 0 saturated heterocycles.